The maximum atomic E-state index is 11.0. The number of aliphatic hydroxyl groups excluding tert-OH is 1. The molecular formula is C12H13BrO4. The fraction of sp³-hybridized carbons (Fsp3) is 0.417. The molecule has 1 heterocycles. The fourth-order valence-corrected chi connectivity index (χ4v) is 2.42. The Kier molecular flexibility index (Phi) is 3.69. The maximum Gasteiger partial charge on any atom is 0.172 e. The van der Waals surface area contributed by atoms with Gasteiger partial charge in [-0.1, -0.05) is 15.9 Å². The zero-order valence-electron chi connectivity index (χ0n) is 9.40. The van der Waals surface area contributed by atoms with E-state index >= 15 is 0 Å². The summed E-state index contributed by atoms with van der Waals surface area (Å²) in [6, 6.07) is 1.69. The van der Waals surface area contributed by atoms with Gasteiger partial charge in [-0.15, -0.1) is 0 Å². The number of carbonyl (C=O) groups excluding carboxylic acids is 1. The Hall–Kier alpha value is -1.07. The number of hydrogen-bond donors (Lipinski definition) is 1. The first-order chi connectivity index (χ1) is 8.13. The normalized spacial score (nSPS) is 15.5. The summed E-state index contributed by atoms with van der Waals surface area (Å²) in [4.78, 5) is 11.0. The van der Waals surface area contributed by atoms with Crippen LogP contribution in [0.3, 0.4) is 0 Å². The monoisotopic (exact) mass is 300 g/mol. The first kappa shape index (κ1) is 12.4. The van der Waals surface area contributed by atoms with E-state index in [0.29, 0.717) is 36.7 Å². The number of benzene rings is 1. The summed E-state index contributed by atoms with van der Waals surface area (Å²) < 4.78 is 11.8. The SMILES string of the molecule is CC(O)Cc1c(Br)cc(C=O)c2c1OCCO2. The number of aliphatic hydroxyl groups is 1. The van der Waals surface area contributed by atoms with Crippen LogP contribution in [-0.2, 0) is 6.42 Å². The number of ether oxygens (including phenoxy) is 2. The molecule has 0 amide bonds. The van der Waals surface area contributed by atoms with Crippen molar-refractivity contribution in [1.29, 1.82) is 0 Å². The van der Waals surface area contributed by atoms with Crippen molar-refractivity contribution in [1.82, 2.24) is 0 Å². The van der Waals surface area contributed by atoms with E-state index in [0.717, 1.165) is 16.3 Å². The molecule has 1 aromatic rings. The lowest BCUT2D eigenvalue weighted by molar-refractivity contribution is 0.111. The molecule has 1 N–H and O–H groups in total. The van der Waals surface area contributed by atoms with Crippen LogP contribution in [0.15, 0.2) is 10.5 Å². The van der Waals surface area contributed by atoms with Gasteiger partial charge in [0.25, 0.3) is 0 Å². The first-order valence-electron chi connectivity index (χ1n) is 5.37. The summed E-state index contributed by atoms with van der Waals surface area (Å²) in [6.45, 7) is 2.59. The summed E-state index contributed by atoms with van der Waals surface area (Å²) in [7, 11) is 0. The van der Waals surface area contributed by atoms with Crippen molar-refractivity contribution in [3.63, 3.8) is 0 Å². The molecule has 5 heteroatoms. The highest BCUT2D eigenvalue weighted by molar-refractivity contribution is 9.10. The van der Waals surface area contributed by atoms with Crippen LogP contribution in [0, 0.1) is 0 Å². The van der Waals surface area contributed by atoms with Gasteiger partial charge >= 0.3 is 0 Å². The molecular weight excluding hydrogens is 288 g/mol. The van der Waals surface area contributed by atoms with Crippen molar-refractivity contribution in [3.8, 4) is 11.5 Å². The van der Waals surface area contributed by atoms with Gasteiger partial charge in [0.05, 0.1) is 11.7 Å². The van der Waals surface area contributed by atoms with Crippen molar-refractivity contribution < 1.29 is 19.4 Å². The second kappa shape index (κ2) is 5.06. The topological polar surface area (TPSA) is 55.8 Å². The second-order valence-electron chi connectivity index (χ2n) is 3.95. The highest BCUT2D eigenvalue weighted by atomic mass is 79.9. The van der Waals surface area contributed by atoms with Crippen LogP contribution < -0.4 is 9.47 Å². The molecule has 17 heavy (non-hydrogen) atoms. The van der Waals surface area contributed by atoms with Crippen LogP contribution in [0.1, 0.15) is 22.8 Å². The Morgan fingerprint density at radius 3 is 2.71 bits per heavy atom. The van der Waals surface area contributed by atoms with Crippen LogP contribution >= 0.6 is 15.9 Å². The molecule has 0 aliphatic carbocycles. The summed E-state index contributed by atoms with van der Waals surface area (Å²) in [6.07, 6.45) is 0.707. The summed E-state index contributed by atoms with van der Waals surface area (Å²) in [5, 5.41) is 9.47. The quantitative estimate of drug-likeness (QED) is 0.867. The largest absolute Gasteiger partial charge is 0.486 e. The van der Waals surface area contributed by atoms with E-state index in [4.69, 9.17) is 9.47 Å². The van der Waals surface area contributed by atoms with E-state index < -0.39 is 6.10 Å². The molecule has 2 rings (SSSR count). The van der Waals surface area contributed by atoms with Crippen molar-refractivity contribution in [2.45, 2.75) is 19.4 Å². The van der Waals surface area contributed by atoms with Gasteiger partial charge in [0.15, 0.2) is 17.8 Å². The average Bonchev–Trinajstić information content (AvgIpc) is 2.32. The molecule has 4 nitrogen and oxygen atoms in total. The predicted octanol–water partition coefficient (Wildman–Crippen LogP) is 1.96. The van der Waals surface area contributed by atoms with Crippen molar-refractivity contribution in [2.24, 2.45) is 0 Å². The Labute approximate surface area is 108 Å². The number of hydrogen-bond acceptors (Lipinski definition) is 4. The molecule has 92 valence electrons. The highest BCUT2D eigenvalue weighted by Crippen LogP contribution is 2.41. The van der Waals surface area contributed by atoms with E-state index in [9.17, 15) is 9.90 Å². The molecule has 1 aromatic carbocycles. The molecule has 1 unspecified atom stereocenters. The van der Waals surface area contributed by atoms with E-state index in [-0.39, 0.29) is 0 Å². The third kappa shape index (κ3) is 2.45. The second-order valence-corrected chi connectivity index (χ2v) is 4.81. The lowest BCUT2D eigenvalue weighted by Crippen LogP contribution is -2.19. The fourth-order valence-electron chi connectivity index (χ4n) is 1.83. The zero-order valence-corrected chi connectivity index (χ0v) is 11.0. The Morgan fingerprint density at radius 2 is 2.12 bits per heavy atom. The summed E-state index contributed by atoms with van der Waals surface area (Å²) in [5.74, 6) is 1.04. The third-order valence-corrected chi connectivity index (χ3v) is 3.22. The molecule has 1 atom stereocenters. The molecule has 0 radical (unpaired) electrons. The number of carbonyl (C=O) groups is 1. The van der Waals surface area contributed by atoms with Crippen LogP contribution in [0.25, 0.3) is 0 Å². The summed E-state index contributed by atoms with van der Waals surface area (Å²) in [5.41, 5.74) is 1.29. The molecule has 1 aliphatic heterocycles. The van der Waals surface area contributed by atoms with Gasteiger partial charge in [0.1, 0.15) is 13.2 Å². The minimum atomic E-state index is -0.483. The zero-order chi connectivity index (χ0) is 12.4. The number of aldehydes is 1. The van der Waals surface area contributed by atoms with Crippen LogP contribution in [0.5, 0.6) is 11.5 Å². The average molecular weight is 301 g/mol. The predicted molar refractivity (Wildman–Crippen MR) is 65.9 cm³/mol. The maximum absolute atomic E-state index is 11.0. The number of fused-ring (bicyclic) bond motifs is 1. The van der Waals surface area contributed by atoms with Crippen molar-refractivity contribution >= 4 is 22.2 Å². The number of rotatable bonds is 3. The Morgan fingerprint density at radius 1 is 1.47 bits per heavy atom. The lowest BCUT2D eigenvalue weighted by Gasteiger charge is -2.23. The molecule has 0 saturated carbocycles. The Balaban J connectivity index is 2.55. The van der Waals surface area contributed by atoms with E-state index in [1.165, 1.54) is 0 Å². The van der Waals surface area contributed by atoms with Gasteiger partial charge in [-0.2, -0.15) is 0 Å². The molecule has 1 aliphatic rings. The third-order valence-electron chi connectivity index (χ3n) is 2.52. The van der Waals surface area contributed by atoms with Gasteiger partial charge in [0, 0.05) is 16.5 Å². The molecule has 0 aromatic heterocycles. The Bertz CT molecular complexity index is 443. The van der Waals surface area contributed by atoms with Gasteiger partial charge in [-0.25, -0.2) is 0 Å². The summed E-state index contributed by atoms with van der Waals surface area (Å²) >= 11 is 3.39. The van der Waals surface area contributed by atoms with Crippen molar-refractivity contribution in [2.75, 3.05) is 13.2 Å². The van der Waals surface area contributed by atoms with Gasteiger partial charge in [-0.05, 0) is 13.0 Å². The molecule has 0 saturated heterocycles. The molecule has 0 bridgehead atoms. The smallest absolute Gasteiger partial charge is 0.172 e. The lowest BCUT2D eigenvalue weighted by atomic mass is 10.0. The first-order valence-corrected chi connectivity index (χ1v) is 6.17. The van der Waals surface area contributed by atoms with Crippen molar-refractivity contribution in [3.05, 3.63) is 21.7 Å². The minimum Gasteiger partial charge on any atom is -0.486 e. The standard InChI is InChI=1S/C12H13BrO4/c1-7(15)4-9-10(13)5-8(6-14)11-12(9)17-3-2-16-11/h5-7,15H,2-4H2,1H3. The van der Waals surface area contributed by atoms with Gasteiger partial charge < -0.3 is 14.6 Å². The number of halogens is 1. The van der Waals surface area contributed by atoms with E-state index in [1.807, 2.05) is 0 Å². The van der Waals surface area contributed by atoms with Crippen LogP contribution in [0.4, 0.5) is 0 Å². The molecule has 0 fully saturated rings. The van der Waals surface area contributed by atoms with Crippen LogP contribution in [-0.4, -0.2) is 30.7 Å². The molecule has 0 spiro atoms. The highest BCUT2D eigenvalue weighted by Gasteiger charge is 2.23. The van der Waals surface area contributed by atoms with Gasteiger partial charge in [-0.3, -0.25) is 4.79 Å². The van der Waals surface area contributed by atoms with Crippen LogP contribution in [0.2, 0.25) is 0 Å². The van der Waals surface area contributed by atoms with E-state index in [1.54, 1.807) is 13.0 Å². The van der Waals surface area contributed by atoms with E-state index in [2.05, 4.69) is 15.9 Å². The van der Waals surface area contributed by atoms with Gasteiger partial charge in [0.2, 0.25) is 0 Å². The minimum absolute atomic E-state index is 0.434.